The van der Waals surface area contributed by atoms with E-state index in [-0.39, 0.29) is 17.2 Å². The molecule has 132 valence electrons. The summed E-state index contributed by atoms with van der Waals surface area (Å²) in [6.07, 6.45) is 4.36. The molecule has 2 aliphatic heterocycles. The molecule has 0 radical (unpaired) electrons. The second-order valence-corrected chi connectivity index (χ2v) is 7.35. The first-order valence-corrected chi connectivity index (χ1v) is 9.04. The maximum absolute atomic E-state index is 13.0. The van der Waals surface area contributed by atoms with Gasteiger partial charge in [0.2, 0.25) is 5.91 Å². The number of aromatic nitrogens is 2. The lowest BCUT2D eigenvalue weighted by atomic mass is 9.77. The van der Waals surface area contributed by atoms with Gasteiger partial charge in [-0.25, -0.2) is 4.98 Å². The Bertz CT molecular complexity index is 833. The Balaban J connectivity index is 1.50. The van der Waals surface area contributed by atoms with Crippen molar-refractivity contribution in [3.8, 4) is 0 Å². The lowest BCUT2D eigenvalue weighted by Crippen LogP contribution is -2.44. The summed E-state index contributed by atoms with van der Waals surface area (Å²) >= 11 is 0. The predicted octanol–water partition coefficient (Wildman–Crippen LogP) is 2.12. The second-order valence-electron chi connectivity index (χ2n) is 7.35. The summed E-state index contributed by atoms with van der Waals surface area (Å²) in [5, 5.41) is 0. The first-order valence-electron chi connectivity index (χ1n) is 9.04. The highest BCUT2D eigenvalue weighted by Crippen LogP contribution is 2.41. The molecule has 2 aliphatic rings. The third kappa shape index (κ3) is 2.60. The quantitative estimate of drug-likeness (QED) is 0.841. The summed E-state index contributed by atoms with van der Waals surface area (Å²) < 4.78 is 1.95. The van der Waals surface area contributed by atoms with Crippen LogP contribution in [0.1, 0.15) is 42.4 Å². The average molecular weight is 340 g/mol. The number of amides is 2. The maximum atomic E-state index is 13.0. The molecule has 0 aromatic carbocycles. The SMILES string of the molecule is CCN1CC2(CCN(C(=O)c3nc4ccccn4c3C)CC2)CC1=O. The van der Waals surface area contributed by atoms with Crippen LogP contribution in [0.4, 0.5) is 0 Å². The molecular formula is C19H24N4O2. The van der Waals surface area contributed by atoms with Gasteiger partial charge in [-0.3, -0.25) is 9.59 Å². The minimum atomic E-state index is 0.00715. The van der Waals surface area contributed by atoms with Gasteiger partial charge < -0.3 is 14.2 Å². The number of nitrogens with zero attached hydrogens (tertiary/aromatic N) is 4. The van der Waals surface area contributed by atoms with Crippen molar-refractivity contribution in [1.29, 1.82) is 0 Å². The van der Waals surface area contributed by atoms with Gasteiger partial charge in [0.15, 0.2) is 0 Å². The fourth-order valence-corrected chi connectivity index (χ4v) is 4.26. The minimum Gasteiger partial charge on any atom is -0.342 e. The molecule has 6 heteroatoms. The molecule has 6 nitrogen and oxygen atoms in total. The fourth-order valence-electron chi connectivity index (χ4n) is 4.26. The van der Waals surface area contributed by atoms with E-state index in [1.54, 1.807) is 0 Å². The minimum absolute atomic E-state index is 0.00715. The van der Waals surface area contributed by atoms with Gasteiger partial charge >= 0.3 is 0 Å². The lowest BCUT2D eigenvalue weighted by Gasteiger charge is -2.38. The molecule has 25 heavy (non-hydrogen) atoms. The van der Waals surface area contributed by atoms with Crippen molar-refractivity contribution in [2.24, 2.45) is 5.41 Å². The standard InChI is InChI=1S/C19H24N4O2/c1-3-21-13-19(12-16(21)24)7-10-22(11-8-19)18(25)17-14(2)23-9-5-4-6-15(23)20-17/h4-6,9H,3,7-8,10-13H2,1-2H3. The van der Waals surface area contributed by atoms with Crippen molar-refractivity contribution < 1.29 is 9.59 Å². The molecule has 0 atom stereocenters. The van der Waals surface area contributed by atoms with E-state index in [2.05, 4.69) is 4.98 Å². The van der Waals surface area contributed by atoms with Crippen LogP contribution in [0.2, 0.25) is 0 Å². The fraction of sp³-hybridized carbons (Fsp3) is 0.526. The number of carbonyl (C=O) groups excluding carboxylic acids is 2. The van der Waals surface area contributed by atoms with Crippen LogP contribution in [0, 0.1) is 12.3 Å². The van der Waals surface area contributed by atoms with Gasteiger partial charge in [-0.2, -0.15) is 0 Å². The topological polar surface area (TPSA) is 57.9 Å². The van der Waals surface area contributed by atoms with Crippen LogP contribution in [-0.2, 0) is 4.79 Å². The average Bonchev–Trinajstić information content (AvgIpc) is 3.12. The third-order valence-electron chi connectivity index (χ3n) is 5.87. The van der Waals surface area contributed by atoms with Crippen molar-refractivity contribution in [3.05, 3.63) is 35.8 Å². The lowest BCUT2D eigenvalue weighted by molar-refractivity contribution is -0.127. The zero-order chi connectivity index (χ0) is 17.6. The van der Waals surface area contributed by atoms with Crippen molar-refractivity contribution in [2.45, 2.75) is 33.1 Å². The Hall–Kier alpha value is -2.37. The monoisotopic (exact) mass is 340 g/mol. The smallest absolute Gasteiger partial charge is 0.274 e. The summed E-state index contributed by atoms with van der Waals surface area (Å²) in [7, 11) is 0. The highest BCUT2D eigenvalue weighted by molar-refractivity contribution is 5.94. The Morgan fingerprint density at radius 1 is 1.28 bits per heavy atom. The molecule has 1 spiro atoms. The Morgan fingerprint density at radius 3 is 2.68 bits per heavy atom. The van der Waals surface area contributed by atoms with E-state index in [1.807, 2.05) is 52.4 Å². The van der Waals surface area contributed by atoms with Gasteiger partial charge in [-0.1, -0.05) is 6.07 Å². The van der Waals surface area contributed by atoms with Gasteiger partial charge in [0.25, 0.3) is 5.91 Å². The van der Waals surface area contributed by atoms with Gasteiger partial charge in [-0.15, -0.1) is 0 Å². The number of imidazole rings is 1. The number of likely N-dealkylation sites (tertiary alicyclic amines) is 2. The summed E-state index contributed by atoms with van der Waals surface area (Å²) in [4.78, 5) is 33.4. The van der Waals surface area contributed by atoms with Gasteiger partial charge in [0.1, 0.15) is 11.3 Å². The number of hydrogen-bond donors (Lipinski definition) is 0. The number of rotatable bonds is 2. The maximum Gasteiger partial charge on any atom is 0.274 e. The van der Waals surface area contributed by atoms with E-state index in [0.717, 1.165) is 37.3 Å². The molecule has 4 rings (SSSR count). The third-order valence-corrected chi connectivity index (χ3v) is 5.87. The first-order chi connectivity index (χ1) is 12.0. The summed E-state index contributed by atoms with van der Waals surface area (Å²) in [5.41, 5.74) is 2.29. The zero-order valence-corrected chi connectivity index (χ0v) is 14.9. The first kappa shape index (κ1) is 16.1. The number of pyridine rings is 1. The zero-order valence-electron chi connectivity index (χ0n) is 14.9. The van der Waals surface area contributed by atoms with Gasteiger partial charge in [-0.05, 0) is 38.8 Å². The normalized spacial score (nSPS) is 20.0. The number of hydrogen-bond acceptors (Lipinski definition) is 3. The number of fused-ring (bicyclic) bond motifs is 1. The Labute approximate surface area is 147 Å². The Morgan fingerprint density at radius 2 is 2.04 bits per heavy atom. The molecule has 0 N–H and O–H groups in total. The number of piperidine rings is 1. The molecule has 0 unspecified atom stereocenters. The van der Waals surface area contributed by atoms with Crippen LogP contribution in [-0.4, -0.2) is 57.2 Å². The predicted molar refractivity (Wildman–Crippen MR) is 94.4 cm³/mol. The Kier molecular flexibility index (Phi) is 3.78. The van der Waals surface area contributed by atoms with Crippen molar-refractivity contribution in [1.82, 2.24) is 19.2 Å². The van der Waals surface area contributed by atoms with E-state index in [1.165, 1.54) is 0 Å². The van der Waals surface area contributed by atoms with E-state index in [0.29, 0.717) is 25.2 Å². The molecule has 2 saturated heterocycles. The van der Waals surface area contributed by atoms with Crippen LogP contribution in [0.25, 0.3) is 5.65 Å². The van der Waals surface area contributed by atoms with E-state index >= 15 is 0 Å². The summed E-state index contributed by atoms with van der Waals surface area (Å²) in [5.74, 6) is 0.270. The summed E-state index contributed by atoms with van der Waals surface area (Å²) in [6.45, 7) is 7.00. The van der Waals surface area contributed by atoms with Crippen LogP contribution >= 0.6 is 0 Å². The molecule has 2 fully saturated rings. The highest BCUT2D eigenvalue weighted by Gasteiger charge is 2.45. The number of aryl methyl sites for hydroxylation is 1. The van der Waals surface area contributed by atoms with Crippen LogP contribution in [0.3, 0.4) is 0 Å². The van der Waals surface area contributed by atoms with Crippen molar-refractivity contribution >= 4 is 17.5 Å². The molecule has 0 saturated carbocycles. The van der Waals surface area contributed by atoms with Gasteiger partial charge in [0.05, 0.1) is 5.69 Å². The largest absolute Gasteiger partial charge is 0.342 e. The van der Waals surface area contributed by atoms with Crippen LogP contribution in [0.15, 0.2) is 24.4 Å². The van der Waals surface area contributed by atoms with E-state index in [4.69, 9.17) is 0 Å². The van der Waals surface area contributed by atoms with Crippen molar-refractivity contribution in [2.75, 3.05) is 26.2 Å². The second kappa shape index (κ2) is 5.86. The van der Waals surface area contributed by atoms with E-state index in [9.17, 15) is 9.59 Å². The number of carbonyl (C=O) groups is 2. The molecule has 0 aliphatic carbocycles. The molecule has 2 aromatic heterocycles. The van der Waals surface area contributed by atoms with Crippen molar-refractivity contribution in [3.63, 3.8) is 0 Å². The van der Waals surface area contributed by atoms with Crippen LogP contribution in [0.5, 0.6) is 0 Å². The summed E-state index contributed by atoms with van der Waals surface area (Å²) in [6, 6.07) is 5.78. The molecule has 0 bridgehead atoms. The highest BCUT2D eigenvalue weighted by atomic mass is 16.2. The molecule has 4 heterocycles. The van der Waals surface area contributed by atoms with Crippen LogP contribution < -0.4 is 0 Å². The molecule has 2 aromatic rings. The molecular weight excluding hydrogens is 316 g/mol. The molecule has 2 amide bonds. The van der Waals surface area contributed by atoms with Gasteiger partial charge in [0, 0.05) is 44.2 Å². The van der Waals surface area contributed by atoms with E-state index < -0.39 is 0 Å².